The van der Waals surface area contributed by atoms with Crippen molar-refractivity contribution in [3.05, 3.63) is 24.0 Å². The van der Waals surface area contributed by atoms with E-state index in [-0.39, 0.29) is 17.7 Å². The molecule has 1 atom stereocenters. The van der Waals surface area contributed by atoms with Crippen molar-refractivity contribution >= 4 is 32.7 Å². The van der Waals surface area contributed by atoms with Crippen molar-refractivity contribution in [3.8, 4) is 0 Å². The van der Waals surface area contributed by atoms with E-state index in [0.717, 1.165) is 4.70 Å². The Hall–Kier alpha value is -1.69. The van der Waals surface area contributed by atoms with E-state index in [1.165, 1.54) is 30.6 Å². The highest BCUT2D eigenvalue weighted by atomic mass is 32.1. The molecule has 0 saturated heterocycles. The first-order chi connectivity index (χ1) is 9.01. The van der Waals surface area contributed by atoms with Crippen molar-refractivity contribution in [2.45, 2.75) is 19.9 Å². The summed E-state index contributed by atoms with van der Waals surface area (Å²) in [6.07, 6.45) is 0. The van der Waals surface area contributed by atoms with Gasteiger partial charge >= 0.3 is 5.97 Å². The molecule has 6 heteroatoms. The second kappa shape index (κ2) is 5.52. The topological polar surface area (TPSA) is 51.2 Å². The van der Waals surface area contributed by atoms with E-state index in [9.17, 15) is 9.18 Å². The van der Waals surface area contributed by atoms with Gasteiger partial charge in [-0.05, 0) is 24.1 Å². The van der Waals surface area contributed by atoms with Crippen LogP contribution in [0, 0.1) is 11.7 Å². The van der Waals surface area contributed by atoms with E-state index < -0.39 is 6.04 Å². The number of benzene rings is 1. The number of fused-ring (bicyclic) bond motifs is 1. The summed E-state index contributed by atoms with van der Waals surface area (Å²) in [5.74, 6) is -0.562. The maximum Gasteiger partial charge on any atom is 0.328 e. The van der Waals surface area contributed by atoms with Crippen LogP contribution in [0.2, 0.25) is 0 Å². The molecular weight excluding hydrogens is 267 g/mol. The van der Waals surface area contributed by atoms with Crippen molar-refractivity contribution < 1.29 is 13.9 Å². The SMILES string of the molecule is COC(=O)C(Nc1nc2ccc(F)cc2s1)C(C)C. The molecule has 19 heavy (non-hydrogen) atoms. The molecule has 1 unspecified atom stereocenters. The molecule has 0 radical (unpaired) electrons. The lowest BCUT2D eigenvalue weighted by Crippen LogP contribution is -2.35. The van der Waals surface area contributed by atoms with Gasteiger partial charge in [0, 0.05) is 0 Å². The second-order valence-electron chi connectivity index (χ2n) is 4.52. The Labute approximate surface area is 114 Å². The maximum absolute atomic E-state index is 13.1. The molecule has 0 aliphatic rings. The minimum absolute atomic E-state index is 0.0659. The molecule has 1 heterocycles. The van der Waals surface area contributed by atoms with Gasteiger partial charge in [0.2, 0.25) is 0 Å². The summed E-state index contributed by atoms with van der Waals surface area (Å²) in [4.78, 5) is 16.0. The van der Waals surface area contributed by atoms with Gasteiger partial charge in [-0.2, -0.15) is 0 Å². The largest absolute Gasteiger partial charge is 0.467 e. The second-order valence-corrected chi connectivity index (χ2v) is 5.55. The molecule has 0 fully saturated rings. The Morgan fingerprint density at radius 3 is 2.84 bits per heavy atom. The van der Waals surface area contributed by atoms with E-state index in [1.54, 1.807) is 6.07 Å². The third kappa shape index (κ3) is 3.01. The molecule has 1 N–H and O–H groups in total. The number of hydrogen-bond donors (Lipinski definition) is 1. The highest BCUT2D eigenvalue weighted by Gasteiger charge is 2.23. The number of rotatable bonds is 4. The first kappa shape index (κ1) is 13.7. The smallest absolute Gasteiger partial charge is 0.328 e. The van der Waals surface area contributed by atoms with Crippen LogP contribution in [0.1, 0.15) is 13.8 Å². The number of anilines is 1. The maximum atomic E-state index is 13.1. The van der Waals surface area contributed by atoms with Gasteiger partial charge in [0.15, 0.2) is 5.13 Å². The Balaban J connectivity index is 2.26. The molecule has 2 rings (SSSR count). The fourth-order valence-corrected chi connectivity index (χ4v) is 2.65. The zero-order valence-electron chi connectivity index (χ0n) is 10.9. The molecule has 1 aromatic carbocycles. The summed E-state index contributed by atoms with van der Waals surface area (Å²) in [7, 11) is 1.35. The summed E-state index contributed by atoms with van der Waals surface area (Å²) < 4.78 is 18.6. The number of methoxy groups -OCH3 is 1. The Morgan fingerprint density at radius 1 is 1.47 bits per heavy atom. The lowest BCUT2D eigenvalue weighted by atomic mass is 10.1. The number of carbonyl (C=O) groups is 1. The molecule has 0 spiro atoms. The van der Waals surface area contributed by atoms with Gasteiger partial charge in [-0.3, -0.25) is 0 Å². The van der Waals surface area contributed by atoms with Crippen LogP contribution >= 0.6 is 11.3 Å². The number of carbonyl (C=O) groups excluding carboxylic acids is 1. The minimum atomic E-state index is -0.463. The number of hydrogen-bond acceptors (Lipinski definition) is 5. The monoisotopic (exact) mass is 282 g/mol. The standard InChI is InChI=1S/C13H15FN2O2S/c1-7(2)11(12(17)18-3)16-13-15-9-5-4-8(14)6-10(9)19-13/h4-7,11H,1-3H3,(H,15,16). The van der Waals surface area contributed by atoms with Crippen molar-refractivity contribution in [2.75, 3.05) is 12.4 Å². The van der Waals surface area contributed by atoms with Gasteiger partial charge < -0.3 is 10.1 Å². The van der Waals surface area contributed by atoms with Crippen LogP contribution in [0.5, 0.6) is 0 Å². The zero-order valence-corrected chi connectivity index (χ0v) is 11.8. The normalized spacial score (nSPS) is 12.7. The van der Waals surface area contributed by atoms with Gasteiger partial charge in [0.1, 0.15) is 11.9 Å². The quantitative estimate of drug-likeness (QED) is 0.876. The number of esters is 1. The Morgan fingerprint density at radius 2 is 2.21 bits per heavy atom. The van der Waals surface area contributed by atoms with Crippen molar-refractivity contribution in [1.82, 2.24) is 4.98 Å². The fraction of sp³-hybridized carbons (Fsp3) is 0.385. The Bertz CT molecular complexity index is 597. The number of nitrogens with zero attached hydrogens (tertiary/aromatic N) is 1. The van der Waals surface area contributed by atoms with Crippen LogP contribution in [0.3, 0.4) is 0 Å². The van der Waals surface area contributed by atoms with E-state index in [2.05, 4.69) is 10.3 Å². The molecule has 0 amide bonds. The molecule has 0 saturated carbocycles. The van der Waals surface area contributed by atoms with E-state index in [1.807, 2.05) is 13.8 Å². The average Bonchev–Trinajstić information content (AvgIpc) is 2.76. The van der Waals surface area contributed by atoms with Gasteiger partial charge in [-0.1, -0.05) is 25.2 Å². The molecule has 4 nitrogen and oxygen atoms in total. The molecular formula is C13H15FN2O2S. The van der Waals surface area contributed by atoms with Crippen LogP contribution in [-0.2, 0) is 9.53 Å². The predicted octanol–water partition coefficient (Wildman–Crippen LogP) is 3.04. The van der Waals surface area contributed by atoms with E-state index >= 15 is 0 Å². The van der Waals surface area contributed by atoms with Crippen LogP contribution in [0.15, 0.2) is 18.2 Å². The fourth-order valence-electron chi connectivity index (χ4n) is 1.72. The third-order valence-electron chi connectivity index (χ3n) is 2.75. The number of halogens is 1. The van der Waals surface area contributed by atoms with Gasteiger partial charge in [-0.25, -0.2) is 14.2 Å². The highest BCUT2D eigenvalue weighted by Crippen LogP contribution is 2.27. The predicted molar refractivity (Wildman–Crippen MR) is 73.8 cm³/mol. The minimum Gasteiger partial charge on any atom is -0.467 e. The molecule has 0 aliphatic heterocycles. The Kier molecular flexibility index (Phi) is 3.99. The van der Waals surface area contributed by atoms with Crippen molar-refractivity contribution in [1.29, 1.82) is 0 Å². The molecule has 0 bridgehead atoms. The van der Waals surface area contributed by atoms with Crippen molar-refractivity contribution in [2.24, 2.45) is 5.92 Å². The van der Waals surface area contributed by atoms with Crippen LogP contribution < -0.4 is 5.32 Å². The van der Waals surface area contributed by atoms with E-state index in [4.69, 9.17) is 4.74 Å². The summed E-state index contributed by atoms with van der Waals surface area (Å²) in [5.41, 5.74) is 0.710. The van der Waals surface area contributed by atoms with Gasteiger partial charge in [0.25, 0.3) is 0 Å². The summed E-state index contributed by atoms with van der Waals surface area (Å²) in [6, 6.07) is 3.96. The lowest BCUT2D eigenvalue weighted by molar-refractivity contribution is -0.142. The van der Waals surface area contributed by atoms with Crippen LogP contribution in [0.25, 0.3) is 10.2 Å². The number of thiazole rings is 1. The summed E-state index contributed by atoms with van der Waals surface area (Å²) in [5, 5.41) is 3.64. The van der Waals surface area contributed by atoms with Crippen molar-refractivity contribution in [3.63, 3.8) is 0 Å². The summed E-state index contributed by atoms with van der Waals surface area (Å²) in [6.45, 7) is 3.84. The van der Waals surface area contributed by atoms with E-state index in [0.29, 0.717) is 10.6 Å². The first-order valence-corrected chi connectivity index (χ1v) is 6.73. The molecule has 1 aromatic heterocycles. The number of ether oxygens (including phenoxy) is 1. The lowest BCUT2D eigenvalue weighted by Gasteiger charge is -2.18. The van der Waals surface area contributed by atoms with Gasteiger partial charge in [-0.15, -0.1) is 0 Å². The molecule has 102 valence electrons. The van der Waals surface area contributed by atoms with Crippen LogP contribution in [-0.4, -0.2) is 24.1 Å². The first-order valence-electron chi connectivity index (χ1n) is 5.91. The molecule has 0 aliphatic carbocycles. The summed E-state index contributed by atoms with van der Waals surface area (Å²) >= 11 is 1.32. The number of aromatic nitrogens is 1. The zero-order chi connectivity index (χ0) is 14.0. The third-order valence-corrected chi connectivity index (χ3v) is 3.70. The highest BCUT2D eigenvalue weighted by molar-refractivity contribution is 7.22. The van der Waals surface area contributed by atoms with Gasteiger partial charge in [0.05, 0.1) is 17.3 Å². The molecule has 2 aromatic rings. The average molecular weight is 282 g/mol. The number of nitrogens with one attached hydrogen (secondary N) is 1. The van der Waals surface area contributed by atoms with Crippen LogP contribution in [0.4, 0.5) is 9.52 Å².